The minimum absolute atomic E-state index is 0.207. The van der Waals surface area contributed by atoms with E-state index in [1.54, 1.807) is 18.2 Å². The van der Waals surface area contributed by atoms with E-state index in [2.05, 4.69) is 0 Å². The summed E-state index contributed by atoms with van der Waals surface area (Å²) >= 11 is 7.46. The third-order valence-corrected chi connectivity index (χ3v) is 4.39. The largest absolute Gasteiger partial charge is 0.548 e. The highest BCUT2D eigenvalue weighted by Crippen LogP contribution is 2.42. The third kappa shape index (κ3) is 2.33. The molecule has 1 fully saturated rings. The van der Waals surface area contributed by atoms with E-state index in [0.717, 1.165) is 5.56 Å². The van der Waals surface area contributed by atoms with Crippen LogP contribution in [0.25, 0.3) is 0 Å². The van der Waals surface area contributed by atoms with E-state index < -0.39 is 12.0 Å². The number of thioether (sulfide) groups is 1. The molecule has 6 heteroatoms. The zero-order chi connectivity index (χ0) is 13.3. The first kappa shape index (κ1) is 13.2. The molecular weight excluding hydrogens is 274 g/mol. The lowest BCUT2D eigenvalue weighted by Crippen LogP contribution is -2.47. The predicted octanol–water partition coefficient (Wildman–Crippen LogP) is 1.05. The topological polar surface area (TPSA) is 60.4 Å². The van der Waals surface area contributed by atoms with Crippen molar-refractivity contribution in [3.63, 3.8) is 0 Å². The summed E-state index contributed by atoms with van der Waals surface area (Å²) in [6.07, 6.45) is 0. The minimum Gasteiger partial charge on any atom is -0.548 e. The Kier molecular flexibility index (Phi) is 3.82. The smallest absolute Gasteiger partial charge is 0.234 e. The van der Waals surface area contributed by atoms with E-state index in [9.17, 15) is 14.7 Å². The number of amides is 1. The standard InChI is InChI=1S/C12H12ClNO3S/c1-7(12(16)17)14-10(15)6-18-11(14)8-4-2-3-5-9(8)13/h2-5,7,11H,6H2,1H3,(H,16,17)/p-1/t7-,11+/m1/s1. The second-order valence-electron chi connectivity index (χ2n) is 3.98. The summed E-state index contributed by atoms with van der Waals surface area (Å²) < 4.78 is 0. The monoisotopic (exact) mass is 284 g/mol. The molecule has 1 aromatic carbocycles. The van der Waals surface area contributed by atoms with Crippen LogP contribution in [-0.4, -0.2) is 28.6 Å². The number of benzene rings is 1. The molecule has 0 bridgehead atoms. The number of aliphatic carboxylic acids is 1. The molecule has 18 heavy (non-hydrogen) atoms. The average Bonchev–Trinajstić information content (AvgIpc) is 2.70. The van der Waals surface area contributed by atoms with Gasteiger partial charge in [0.05, 0.1) is 17.8 Å². The molecule has 1 aromatic rings. The highest BCUT2D eigenvalue weighted by atomic mass is 35.5. The van der Waals surface area contributed by atoms with E-state index in [-0.39, 0.29) is 17.0 Å². The van der Waals surface area contributed by atoms with E-state index in [1.807, 2.05) is 6.07 Å². The molecule has 2 atom stereocenters. The number of rotatable bonds is 3. The molecule has 1 aliphatic rings. The van der Waals surface area contributed by atoms with Crippen LogP contribution < -0.4 is 5.11 Å². The Labute approximate surface area is 114 Å². The van der Waals surface area contributed by atoms with E-state index in [0.29, 0.717) is 5.02 Å². The summed E-state index contributed by atoms with van der Waals surface area (Å²) in [6, 6.07) is 6.16. The van der Waals surface area contributed by atoms with Crippen molar-refractivity contribution in [3.8, 4) is 0 Å². The second kappa shape index (κ2) is 5.20. The molecular formula is C12H11ClNO3S-. The molecule has 96 valence electrons. The van der Waals surface area contributed by atoms with E-state index >= 15 is 0 Å². The molecule has 1 heterocycles. The van der Waals surface area contributed by atoms with Crippen LogP contribution in [0.1, 0.15) is 17.9 Å². The lowest BCUT2D eigenvalue weighted by Gasteiger charge is -2.31. The molecule has 0 aliphatic carbocycles. The first-order chi connectivity index (χ1) is 8.52. The maximum absolute atomic E-state index is 11.8. The number of hydrogen-bond donors (Lipinski definition) is 0. The molecule has 0 N–H and O–H groups in total. The zero-order valence-corrected chi connectivity index (χ0v) is 11.2. The number of carbonyl (C=O) groups is 2. The summed E-state index contributed by atoms with van der Waals surface area (Å²) in [4.78, 5) is 24.1. The second-order valence-corrected chi connectivity index (χ2v) is 5.46. The number of hydrogen-bond acceptors (Lipinski definition) is 4. The summed E-state index contributed by atoms with van der Waals surface area (Å²) in [5.74, 6) is -1.21. The highest BCUT2D eigenvalue weighted by molar-refractivity contribution is 8.00. The van der Waals surface area contributed by atoms with Crippen LogP contribution in [0.15, 0.2) is 24.3 Å². The molecule has 0 unspecified atom stereocenters. The van der Waals surface area contributed by atoms with Gasteiger partial charge < -0.3 is 14.8 Å². The van der Waals surface area contributed by atoms with Crippen LogP contribution in [0, 0.1) is 0 Å². The fraction of sp³-hybridized carbons (Fsp3) is 0.333. The van der Waals surface area contributed by atoms with Crippen LogP contribution in [0.5, 0.6) is 0 Å². The first-order valence-electron chi connectivity index (χ1n) is 5.40. The van der Waals surface area contributed by atoms with Crippen molar-refractivity contribution in [2.24, 2.45) is 0 Å². The van der Waals surface area contributed by atoms with Gasteiger partial charge in [0.15, 0.2) is 0 Å². The molecule has 0 aromatic heterocycles. The van der Waals surface area contributed by atoms with Gasteiger partial charge in [-0.2, -0.15) is 0 Å². The highest BCUT2D eigenvalue weighted by Gasteiger charge is 2.37. The summed E-state index contributed by atoms with van der Waals surface area (Å²) in [6.45, 7) is 1.45. The number of carboxylic acid groups (broad SMARTS) is 1. The predicted molar refractivity (Wildman–Crippen MR) is 68.0 cm³/mol. The lowest BCUT2D eigenvalue weighted by molar-refractivity contribution is -0.310. The number of carbonyl (C=O) groups excluding carboxylic acids is 2. The van der Waals surface area contributed by atoms with Crippen LogP contribution in [0.4, 0.5) is 0 Å². The van der Waals surface area contributed by atoms with Crippen molar-refractivity contribution in [2.75, 3.05) is 5.75 Å². The molecule has 0 radical (unpaired) electrons. The Hall–Kier alpha value is -1.20. The number of halogens is 1. The number of nitrogens with zero attached hydrogens (tertiary/aromatic N) is 1. The Morgan fingerprint density at radius 2 is 2.22 bits per heavy atom. The third-order valence-electron chi connectivity index (χ3n) is 2.83. The van der Waals surface area contributed by atoms with Gasteiger partial charge in [-0.3, -0.25) is 4.79 Å². The van der Waals surface area contributed by atoms with Crippen molar-refractivity contribution in [2.45, 2.75) is 18.3 Å². The lowest BCUT2D eigenvalue weighted by atomic mass is 10.1. The van der Waals surface area contributed by atoms with Crippen LogP contribution in [0.2, 0.25) is 5.02 Å². The molecule has 0 spiro atoms. The summed E-state index contributed by atoms with van der Waals surface area (Å²) in [5.41, 5.74) is 0.753. The molecule has 1 saturated heterocycles. The Balaban J connectivity index is 2.35. The van der Waals surface area contributed by atoms with Gasteiger partial charge in [0.25, 0.3) is 0 Å². The van der Waals surface area contributed by atoms with E-state index in [4.69, 9.17) is 11.6 Å². The van der Waals surface area contributed by atoms with Crippen LogP contribution >= 0.6 is 23.4 Å². The molecule has 4 nitrogen and oxygen atoms in total. The number of carboxylic acids is 1. The Morgan fingerprint density at radius 1 is 1.56 bits per heavy atom. The Bertz CT molecular complexity index is 494. The van der Waals surface area contributed by atoms with Gasteiger partial charge in [0.1, 0.15) is 5.37 Å². The summed E-state index contributed by atoms with van der Waals surface area (Å²) in [7, 11) is 0. The fourth-order valence-corrected chi connectivity index (χ4v) is 3.48. The SMILES string of the molecule is C[C@H](C(=O)[O-])N1C(=O)CS[C@H]1c1ccccc1Cl. The van der Waals surface area contributed by atoms with Crippen molar-refractivity contribution in [1.82, 2.24) is 4.90 Å². The van der Waals surface area contributed by atoms with Gasteiger partial charge in [0, 0.05) is 10.6 Å². The molecule has 2 rings (SSSR count). The van der Waals surface area contributed by atoms with Gasteiger partial charge in [-0.05, 0) is 13.0 Å². The van der Waals surface area contributed by atoms with Crippen molar-refractivity contribution >= 4 is 35.2 Å². The van der Waals surface area contributed by atoms with Gasteiger partial charge in [-0.25, -0.2) is 0 Å². The van der Waals surface area contributed by atoms with E-state index in [1.165, 1.54) is 23.6 Å². The molecule has 1 aliphatic heterocycles. The minimum atomic E-state index is -1.26. The van der Waals surface area contributed by atoms with Gasteiger partial charge in [-0.15, -0.1) is 11.8 Å². The quantitative estimate of drug-likeness (QED) is 0.832. The first-order valence-corrected chi connectivity index (χ1v) is 6.83. The van der Waals surface area contributed by atoms with Crippen LogP contribution in [0.3, 0.4) is 0 Å². The Morgan fingerprint density at radius 3 is 2.83 bits per heavy atom. The van der Waals surface area contributed by atoms with Gasteiger partial charge in [-0.1, -0.05) is 29.8 Å². The van der Waals surface area contributed by atoms with Crippen molar-refractivity contribution < 1.29 is 14.7 Å². The van der Waals surface area contributed by atoms with Crippen LogP contribution in [-0.2, 0) is 9.59 Å². The zero-order valence-electron chi connectivity index (χ0n) is 9.63. The van der Waals surface area contributed by atoms with Crippen molar-refractivity contribution in [1.29, 1.82) is 0 Å². The average molecular weight is 285 g/mol. The van der Waals surface area contributed by atoms with Gasteiger partial charge in [0.2, 0.25) is 5.91 Å². The maximum atomic E-state index is 11.8. The maximum Gasteiger partial charge on any atom is 0.234 e. The molecule has 0 saturated carbocycles. The van der Waals surface area contributed by atoms with Gasteiger partial charge >= 0.3 is 0 Å². The van der Waals surface area contributed by atoms with Crippen molar-refractivity contribution in [3.05, 3.63) is 34.9 Å². The molecule has 1 amide bonds. The summed E-state index contributed by atoms with van der Waals surface area (Å²) in [5, 5.41) is 11.1. The normalized spacial score (nSPS) is 21.1. The fourth-order valence-electron chi connectivity index (χ4n) is 1.88.